The van der Waals surface area contributed by atoms with Crippen LogP contribution >= 0.6 is 7.92 Å². The van der Waals surface area contributed by atoms with E-state index in [4.69, 9.17) is 4.98 Å². The minimum absolute atomic E-state index is 0.000253. The van der Waals surface area contributed by atoms with Crippen LogP contribution < -0.4 is 9.49 Å². The molecule has 0 N–H and O–H groups in total. The summed E-state index contributed by atoms with van der Waals surface area (Å²) in [6.07, 6.45) is 0.735. The highest BCUT2D eigenvalue weighted by molar-refractivity contribution is 7.88. The van der Waals surface area contributed by atoms with E-state index in [-0.39, 0.29) is 29.4 Å². The van der Waals surface area contributed by atoms with E-state index in [0.29, 0.717) is 39.6 Å². The SMILES string of the molecule is CN(C)C1C[C@H](c2c(C=O)cccc2OS(=O)(=O)C(F)(F)F)n2c1nc1ccc(-c3ccc(P(C)C)c(F)c3)cc12. The molecule has 7 nitrogen and oxygen atoms in total. The number of rotatable bonds is 7. The maximum atomic E-state index is 14.8. The molecule has 1 aliphatic rings. The standard InChI is InChI=1S/C28H26F4N3O4PS/c1-34(2)23-14-22(26-18(15-36)6-5-7-24(26)39-41(37,38)28(30,31)32)35-21-13-17(8-10-20(21)33-27(23)35)16-9-11-25(40(3)4)19(29)12-16/h5-13,15,22-23H,14H2,1-4H3/t22-,23?/m1/s1. The van der Waals surface area contributed by atoms with Crippen molar-refractivity contribution in [1.82, 2.24) is 14.5 Å². The summed E-state index contributed by atoms with van der Waals surface area (Å²) in [6.45, 7) is 3.93. The molecule has 0 aliphatic carbocycles. The van der Waals surface area contributed by atoms with Crippen molar-refractivity contribution in [1.29, 1.82) is 0 Å². The lowest BCUT2D eigenvalue weighted by molar-refractivity contribution is -0.0500. The van der Waals surface area contributed by atoms with E-state index in [0.717, 1.165) is 6.07 Å². The van der Waals surface area contributed by atoms with Gasteiger partial charge < -0.3 is 8.75 Å². The minimum atomic E-state index is -6.01. The van der Waals surface area contributed by atoms with Crippen molar-refractivity contribution in [2.45, 2.75) is 24.0 Å². The number of hydrogen-bond donors (Lipinski definition) is 0. The smallest absolute Gasteiger partial charge is 0.376 e. The van der Waals surface area contributed by atoms with Gasteiger partial charge in [0.1, 0.15) is 17.4 Å². The van der Waals surface area contributed by atoms with E-state index < -0.39 is 35.3 Å². The molecule has 0 spiro atoms. The molecule has 0 fully saturated rings. The van der Waals surface area contributed by atoms with Crippen LogP contribution in [0.4, 0.5) is 17.6 Å². The van der Waals surface area contributed by atoms with Gasteiger partial charge in [0.25, 0.3) is 0 Å². The van der Waals surface area contributed by atoms with Crippen molar-refractivity contribution in [3.05, 3.63) is 77.4 Å². The zero-order valence-corrected chi connectivity index (χ0v) is 24.2. The highest BCUT2D eigenvalue weighted by atomic mass is 32.2. The summed E-state index contributed by atoms with van der Waals surface area (Å²) >= 11 is 0. The molecule has 13 heteroatoms. The van der Waals surface area contributed by atoms with Crippen LogP contribution in [0.5, 0.6) is 5.75 Å². The highest BCUT2D eigenvalue weighted by Crippen LogP contribution is 2.47. The molecule has 41 heavy (non-hydrogen) atoms. The second kappa shape index (κ2) is 10.5. The van der Waals surface area contributed by atoms with Gasteiger partial charge in [0.05, 0.1) is 23.1 Å². The van der Waals surface area contributed by atoms with Gasteiger partial charge in [-0.15, -0.1) is 0 Å². The number of benzene rings is 3. The Bertz CT molecular complexity index is 1770. The molecule has 2 heterocycles. The first-order valence-electron chi connectivity index (χ1n) is 12.5. The number of imidazole rings is 1. The molecule has 5 rings (SSSR count). The fraction of sp³-hybridized carbons (Fsp3) is 0.286. The molecular weight excluding hydrogens is 581 g/mol. The average molecular weight is 608 g/mol. The van der Waals surface area contributed by atoms with Crippen LogP contribution in [-0.4, -0.2) is 62.1 Å². The molecule has 1 aromatic heterocycles. The van der Waals surface area contributed by atoms with Crippen LogP contribution in [0.3, 0.4) is 0 Å². The number of fused-ring (bicyclic) bond motifs is 3. The van der Waals surface area contributed by atoms with Gasteiger partial charge in [-0.05, 0) is 69.2 Å². The van der Waals surface area contributed by atoms with E-state index >= 15 is 0 Å². The van der Waals surface area contributed by atoms with Crippen molar-refractivity contribution in [2.24, 2.45) is 0 Å². The molecular formula is C28H26F4N3O4PS. The van der Waals surface area contributed by atoms with E-state index in [1.54, 1.807) is 16.7 Å². The Morgan fingerprint density at radius 1 is 1.07 bits per heavy atom. The van der Waals surface area contributed by atoms with Gasteiger partial charge in [-0.2, -0.15) is 21.6 Å². The lowest BCUT2D eigenvalue weighted by Gasteiger charge is -2.22. The van der Waals surface area contributed by atoms with Gasteiger partial charge in [-0.25, -0.2) is 9.37 Å². The highest BCUT2D eigenvalue weighted by Gasteiger charge is 2.49. The van der Waals surface area contributed by atoms with Crippen LogP contribution in [0.2, 0.25) is 0 Å². The van der Waals surface area contributed by atoms with Crippen molar-refractivity contribution >= 4 is 40.7 Å². The first kappa shape index (κ1) is 29.2. The number of carbonyl (C=O) groups excluding carboxylic acids is 1. The van der Waals surface area contributed by atoms with Crippen LogP contribution in [0, 0.1) is 5.82 Å². The summed E-state index contributed by atoms with van der Waals surface area (Å²) in [5, 5.41) is 0.649. The van der Waals surface area contributed by atoms with Crippen LogP contribution in [0.15, 0.2) is 54.6 Å². The van der Waals surface area contributed by atoms with E-state index in [1.165, 1.54) is 18.2 Å². The summed E-state index contributed by atoms with van der Waals surface area (Å²) < 4.78 is 84.9. The molecule has 216 valence electrons. The first-order valence-corrected chi connectivity index (χ1v) is 16.1. The van der Waals surface area contributed by atoms with Gasteiger partial charge in [0.2, 0.25) is 0 Å². The van der Waals surface area contributed by atoms with Crippen molar-refractivity contribution in [3.8, 4) is 16.9 Å². The molecule has 1 aliphatic heterocycles. The van der Waals surface area contributed by atoms with Crippen molar-refractivity contribution in [3.63, 3.8) is 0 Å². The molecule has 0 amide bonds. The van der Waals surface area contributed by atoms with E-state index in [9.17, 15) is 30.8 Å². The molecule has 0 saturated carbocycles. The summed E-state index contributed by atoms with van der Waals surface area (Å²) in [5.74, 6) is -0.314. The largest absolute Gasteiger partial charge is 0.534 e. The minimum Gasteiger partial charge on any atom is -0.376 e. The third-order valence-electron chi connectivity index (χ3n) is 7.20. The lowest BCUT2D eigenvalue weighted by atomic mass is 9.96. The fourth-order valence-corrected chi connectivity index (χ4v) is 6.61. The predicted molar refractivity (Wildman–Crippen MR) is 150 cm³/mol. The third kappa shape index (κ3) is 5.13. The Hall–Kier alpha value is -3.34. The van der Waals surface area contributed by atoms with Crippen LogP contribution in [-0.2, 0) is 10.1 Å². The first-order chi connectivity index (χ1) is 19.2. The number of nitrogens with zero attached hydrogens (tertiary/aromatic N) is 3. The summed E-state index contributed by atoms with van der Waals surface area (Å²) in [7, 11) is -3.01. The number of carbonyl (C=O) groups is 1. The monoisotopic (exact) mass is 607 g/mol. The van der Waals surface area contributed by atoms with Crippen molar-refractivity contribution in [2.75, 3.05) is 27.4 Å². The van der Waals surface area contributed by atoms with Crippen LogP contribution in [0.25, 0.3) is 22.2 Å². The lowest BCUT2D eigenvalue weighted by Crippen LogP contribution is -2.29. The van der Waals surface area contributed by atoms with Crippen molar-refractivity contribution < 1.29 is 35.0 Å². The number of aldehydes is 1. The van der Waals surface area contributed by atoms with Gasteiger partial charge in [0.15, 0.2) is 6.29 Å². The zero-order valence-electron chi connectivity index (χ0n) is 22.5. The third-order valence-corrected chi connectivity index (χ3v) is 9.49. The molecule has 0 radical (unpaired) electrons. The topological polar surface area (TPSA) is 81.5 Å². The Labute approximate surface area is 235 Å². The Kier molecular flexibility index (Phi) is 7.46. The molecule has 1 unspecified atom stereocenters. The van der Waals surface area contributed by atoms with Crippen LogP contribution in [0.1, 0.15) is 40.3 Å². The Balaban J connectivity index is 1.71. The van der Waals surface area contributed by atoms with Gasteiger partial charge in [-0.3, -0.25) is 9.69 Å². The second-order valence-corrected chi connectivity index (χ2v) is 14.0. The molecule has 4 aromatic rings. The molecule has 0 saturated heterocycles. The van der Waals surface area contributed by atoms with E-state index in [1.807, 2.05) is 50.5 Å². The summed E-state index contributed by atoms with van der Waals surface area (Å²) in [4.78, 5) is 18.7. The maximum absolute atomic E-state index is 14.8. The molecule has 3 aromatic carbocycles. The molecule has 0 bridgehead atoms. The number of halogens is 4. The number of alkyl halides is 3. The van der Waals surface area contributed by atoms with Gasteiger partial charge in [0, 0.05) is 16.4 Å². The predicted octanol–water partition coefficient (Wildman–Crippen LogP) is 5.85. The van der Waals surface area contributed by atoms with E-state index in [2.05, 4.69) is 4.18 Å². The maximum Gasteiger partial charge on any atom is 0.534 e. The normalized spacial score (nSPS) is 17.4. The zero-order chi connectivity index (χ0) is 29.9. The Morgan fingerprint density at radius 3 is 2.37 bits per heavy atom. The van der Waals surface area contributed by atoms with Gasteiger partial charge in [-0.1, -0.05) is 38.3 Å². The molecule has 2 atom stereocenters. The second-order valence-electron chi connectivity index (χ2n) is 10.2. The summed E-state index contributed by atoms with van der Waals surface area (Å²) in [5.41, 5.74) is -3.18. The average Bonchev–Trinajstić information content (AvgIpc) is 3.44. The number of aromatic nitrogens is 2. The summed E-state index contributed by atoms with van der Waals surface area (Å²) in [6, 6.07) is 13.1. The Morgan fingerprint density at radius 2 is 1.76 bits per heavy atom. The van der Waals surface area contributed by atoms with Gasteiger partial charge >= 0.3 is 15.6 Å². The fourth-order valence-electron chi connectivity index (χ4n) is 5.27. The number of hydrogen-bond acceptors (Lipinski definition) is 6. The quantitative estimate of drug-likeness (QED) is 0.0863.